The summed E-state index contributed by atoms with van der Waals surface area (Å²) < 4.78 is 0. The fourth-order valence-electron chi connectivity index (χ4n) is 3.42. The van der Waals surface area contributed by atoms with E-state index in [2.05, 4.69) is 53.2 Å². The van der Waals surface area contributed by atoms with E-state index < -0.39 is 0 Å². The lowest BCUT2D eigenvalue weighted by atomic mass is 10.1. The van der Waals surface area contributed by atoms with E-state index in [0.29, 0.717) is 5.56 Å². The van der Waals surface area contributed by atoms with E-state index in [-0.39, 0.29) is 5.78 Å². The number of benzene rings is 2. The number of carbonyl (C=O) groups excluding carboxylic acids is 1. The van der Waals surface area contributed by atoms with Crippen LogP contribution >= 0.6 is 0 Å². The van der Waals surface area contributed by atoms with E-state index in [4.69, 9.17) is 0 Å². The van der Waals surface area contributed by atoms with Gasteiger partial charge in [-0.2, -0.15) is 0 Å². The largest absolute Gasteiger partial charge is 0.383 e. The zero-order chi connectivity index (χ0) is 22.5. The van der Waals surface area contributed by atoms with Crippen LogP contribution < -0.4 is 10.2 Å². The Hall–Kier alpha value is -2.59. The molecule has 0 spiro atoms. The molecular weight excluding hydrogens is 382 g/mol. The third kappa shape index (κ3) is 8.58. The van der Waals surface area contributed by atoms with Crippen LogP contribution in [0.2, 0.25) is 0 Å². The first-order chi connectivity index (χ1) is 15.0. The molecule has 0 bridgehead atoms. The number of para-hydroxylation sites is 1. The van der Waals surface area contributed by atoms with Gasteiger partial charge < -0.3 is 15.1 Å². The van der Waals surface area contributed by atoms with Crippen LogP contribution in [-0.2, 0) is 0 Å². The summed E-state index contributed by atoms with van der Waals surface area (Å²) in [6, 6.07) is 16.2. The van der Waals surface area contributed by atoms with Gasteiger partial charge in [0.1, 0.15) is 0 Å². The van der Waals surface area contributed by atoms with E-state index in [1.807, 2.05) is 44.4 Å². The van der Waals surface area contributed by atoms with E-state index in [1.54, 1.807) is 6.08 Å². The molecule has 0 aliphatic carbocycles. The zero-order valence-electron chi connectivity index (χ0n) is 19.7. The quantitative estimate of drug-likeness (QED) is 0.301. The number of hydrogen-bond donors (Lipinski definition) is 1. The summed E-state index contributed by atoms with van der Waals surface area (Å²) in [7, 11) is 4.09. The summed E-state index contributed by atoms with van der Waals surface area (Å²) in [6.07, 6.45) is 8.39. The van der Waals surface area contributed by atoms with Crippen LogP contribution in [-0.4, -0.2) is 51.0 Å². The van der Waals surface area contributed by atoms with Crippen molar-refractivity contribution in [1.29, 1.82) is 0 Å². The van der Waals surface area contributed by atoms with Gasteiger partial charge in [-0.1, -0.05) is 57.0 Å². The number of hydrogen-bond acceptors (Lipinski definition) is 4. The zero-order valence-corrected chi connectivity index (χ0v) is 19.7. The Morgan fingerprint density at radius 2 is 1.65 bits per heavy atom. The summed E-state index contributed by atoms with van der Waals surface area (Å²) in [5, 5.41) is 3.38. The van der Waals surface area contributed by atoms with E-state index >= 15 is 0 Å². The van der Waals surface area contributed by atoms with Crippen molar-refractivity contribution < 1.29 is 4.79 Å². The highest BCUT2D eigenvalue weighted by Gasteiger charge is 2.09. The molecule has 0 aliphatic rings. The van der Waals surface area contributed by atoms with Crippen molar-refractivity contribution in [2.45, 2.75) is 39.5 Å². The molecular formula is C27H39N3O. The maximum atomic E-state index is 12.9. The normalized spacial score (nSPS) is 11.3. The number of anilines is 2. The van der Waals surface area contributed by atoms with Crippen molar-refractivity contribution in [3.05, 3.63) is 65.7 Å². The second kappa shape index (κ2) is 13.7. The Morgan fingerprint density at radius 3 is 2.32 bits per heavy atom. The number of rotatable bonds is 14. The molecule has 0 aliphatic heterocycles. The van der Waals surface area contributed by atoms with Crippen LogP contribution in [0.4, 0.5) is 11.4 Å². The van der Waals surface area contributed by atoms with Crippen molar-refractivity contribution in [1.82, 2.24) is 4.90 Å². The SMILES string of the molecule is CCCCN(CCCC)c1cccc(/C=C/C(=O)c2ccccc2NCCN(C)C)c1. The van der Waals surface area contributed by atoms with Crippen molar-refractivity contribution in [3.8, 4) is 0 Å². The number of carbonyl (C=O) groups is 1. The molecule has 0 saturated heterocycles. The minimum atomic E-state index is 0.0205. The average Bonchev–Trinajstić information content (AvgIpc) is 2.78. The summed E-state index contributed by atoms with van der Waals surface area (Å²) in [5.74, 6) is 0.0205. The summed E-state index contributed by atoms with van der Waals surface area (Å²) >= 11 is 0. The first-order valence-corrected chi connectivity index (χ1v) is 11.6. The third-order valence-corrected chi connectivity index (χ3v) is 5.29. The van der Waals surface area contributed by atoms with Gasteiger partial charge in [0.15, 0.2) is 5.78 Å². The van der Waals surface area contributed by atoms with Gasteiger partial charge in [0.05, 0.1) is 0 Å². The molecule has 168 valence electrons. The lowest BCUT2D eigenvalue weighted by molar-refractivity contribution is 0.104. The molecule has 0 radical (unpaired) electrons. The van der Waals surface area contributed by atoms with Crippen LogP contribution in [0.15, 0.2) is 54.6 Å². The number of ketones is 1. The van der Waals surface area contributed by atoms with Crippen LogP contribution in [0.5, 0.6) is 0 Å². The molecule has 0 saturated carbocycles. The summed E-state index contributed by atoms with van der Waals surface area (Å²) in [5.41, 5.74) is 3.89. The molecule has 2 aromatic rings. The molecule has 4 heteroatoms. The summed E-state index contributed by atoms with van der Waals surface area (Å²) in [6.45, 7) is 8.33. The molecule has 2 aromatic carbocycles. The maximum absolute atomic E-state index is 12.9. The van der Waals surface area contributed by atoms with Crippen LogP contribution in [0, 0.1) is 0 Å². The van der Waals surface area contributed by atoms with Crippen molar-refractivity contribution in [2.75, 3.05) is 50.5 Å². The number of likely N-dealkylation sites (N-methyl/N-ethyl adjacent to an activating group) is 1. The number of allylic oxidation sites excluding steroid dienone is 1. The van der Waals surface area contributed by atoms with Crippen LogP contribution in [0.25, 0.3) is 6.08 Å². The number of nitrogens with zero attached hydrogens (tertiary/aromatic N) is 2. The first-order valence-electron chi connectivity index (χ1n) is 11.6. The van der Waals surface area contributed by atoms with Gasteiger partial charge in [-0.3, -0.25) is 4.79 Å². The van der Waals surface area contributed by atoms with Crippen LogP contribution in [0.3, 0.4) is 0 Å². The molecule has 31 heavy (non-hydrogen) atoms. The Balaban J connectivity index is 2.11. The topological polar surface area (TPSA) is 35.6 Å². The maximum Gasteiger partial charge on any atom is 0.187 e. The molecule has 0 amide bonds. The fourth-order valence-corrected chi connectivity index (χ4v) is 3.42. The Morgan fingerprint density at radius 1 is 0.935 bits per heavy atom. The van der Waals surface area contributed by atoms with Gasteiger partial charge in [0.25, 0.3) is 0 Å². The molecule has 2 rings (SSSR count). The predicted octanol–water partition coefficient (Wildman–Crippen LogP) is 5.96. The van der Waals surface area contributed by atoms with Gasteiger partial charge in [0, 0.05) is 43.1 Å². The lowest BCUT2D eigenvalue weighted by Gasteiger charge is -2.25. The minimum absolute atomic E-state index is 0.0205. The molecule has 0 unspecified atom stereocenters. The van der Waals surface area contributed by atoms with E-state index in [1.165, 1.54) is 31.4 Å². The first kappa shape index (κ1) is 24.7. The van der Waals surface area contributed by atoms with Crippen LogP contribution in [0.1, 0.15) is 55.5 Å². The second-order valence-corrected chi connectivity index (χ2v) is 8.26. The second-order valence-electron chi connectivity index (χ2n) is 8.26. The lowest BCUT2D eigenvalue weighted by Crippen LogP contribution is -2.25. The van der Waals surface area contributed by atoms with Gasteiger partial charge in [-0.05, 0) is 62.8 Å². The molecule has 0 aromatic heterocycles. The van der Waals surface area contributed by atoms with Crippen molar-refractivity contribution in [3.63, 3.8) is 0 Å². The smallest absolute Gasteiger partial charge is 0.187 e. The Kier molecular flexibility index (Phi) is 10.9. The molecule has 0 atom stereocenters. The summed E-state index contributed by atoms with van der Waals surface area (Å²) in [4.78, 5) is 17.5. The molecule has 0 heterocycles. The third-order valence-electron chi connectivity index (χ3n) is 5.29. The fraction of sp³-hybridized carbons (Fsp3) is 0.444. The van der Waals surface area contributed by atoms with Gasteiger partial charge in [0.2, 0.25) is 0 Å². The average molecular weight is 422 g/mol. The predicted molar refractivity (Wildman–Crippen MR) is 135 cm³/mol. The van der Waals surface area contributed by atoms with E-state index in [9.17, 15) is 4.79 Å². The molecule has 0 fully saturated rings. The highest BCUT2D eigenvalue weighted by Crippen LogP contribution is 2.20. The van der Waals surface area contributed by atoms with Gasteiger partial charge in [-0.25, -0.2) is 0 Å². The number of nitrogens with one attached hydrogen (secondary N) is 1. The van der Waals surface area contributed by atoms with Gasteiger partial charge >= 0.3 is 0 Å². The van der Waals surface area contributed by atoms with Crippen molar-refractivity contribution >= 4 is 23.2 Å². The minimum Gasteiger partial charge on any atom is -0.383 e. The molecule has 4 nitrogen and oxygen atoms in total. The van der Waals surface area contributed by atoms with E-state index in [0.717, 1.165) is 37.4 Å². The molecule has 1 N–H and O–H groups in total. The Labute approximate surface area is 189 Å². The Bertz CT molecular complexity index is 821. The monoisotopic (exact) mass is 421 g/mol. The van der Waals surface area contributed by atoms with Gasteiger partial charge in [-0.15, -0.1) is 0 Å². The highest BCUT2D eigenvalue weighted by molar-refractivity contribution is 6.10. The van der Waals surface area contributed by atoms with Crippen molar-refractivity contribution in [2.24, 2.45) is 0 Å². The highest BCUT2D eigenvalue weighted by atomic mass is 16.1. The number of unbranched alkanes of at least 4 members (excludes halogenated alkanes) is 2. The standard InChI is InChI=1S/C27H39N3O/c1-5-7-19-30(20-8-6-2)24-13-11-12-23(22-24)16-17-27(31)25-14-9-10-15-26(25)28-18-21-29(3)4/h9-17,22,28H,5-8,18-21H2,1-4H3/b17-16+.